The average Bonchev–Trinajstić information content (AvgIpc) is 2.68. The third-order valence-electron chi connectivity index (χ3n) is 5.08. The molecule has 29 heavy (non-hydrogen) atoms. The van der Waals surface area contributed by atoms with Crippen LogP contribution in [0.1, 0.15) is 25.7 Å². The van der Waals surface area contributed by atoms with Gasteiger partial charge in [0.15, 0.2) is 9.84 Å². The molecule has 154 valence electrons. The van der Waals surface area contributed by atoms with Gasteiger partial charge in [0.05, 0.1) is 21.8 Å². The van der Waals surface area contributed by atoms with Crippen molar-refractivity contribution >= 4 is 21.5 Å². The first-order valence-corrected chi connectivity index (χ1v) is 11.0. The van der Waals surface area contributed by atoms with E-state index in [0.717, 1.165) is 6.26 Å². The highest BCUT2D eigenvalue weighted by Gasteiger charge is 2.27. The largest absolute Gasteiger partial charge is 0.490 e. The Bertz CT molecular complexity index is 1020. The number of benzene rings is 2. The predicted octanol–water partition coefficient (Wildman–Crippen LogP) is 3.69. The molecule has 0 bridgehead atoms. The first kappa shape index (κ1) is 20.8. The Morgan fingerprint density at radius 2 is 1.72 bits per heavy atom. The molecule has 1 aliphatic rings. The van der Waals surface area contributed by atoms with E-state index in [0.29, 0.717) is 42.6 Å². The maximum Gasteiger partial charge on any atom is 0.306 e. The molecule has 1 N–H and O–H groups in total. The van der Waals surface area contributed by atoms with Crippen molar-refractivity contribution in [2.24, 2.45) is 5.92 Å². The zero-order valence-electron chi connectivity index (χ0n) is 15.8. The number of nitro benzene ring substituents is 1. The highest BCUT2D eigenvalue weighted by Crippen LogP contribution is 2.36. The van der Waals surface area contributed by atoms with E-state index in [1.54, 1.807) is 12.1 Å². The fraction of sp³-hybridized carbons (Fsp3) is 0.350. The number of nitro groups is 1. The number of ether oxygens (including phenoxy) is 1. The van der Waals surface area contributed by atoms with Crippen molar-refractivity contribution in [1.82, 2.24) is 0 Å². The van der Waals surface area contributed by atoms with E-state index in [1.807, 2.05) is 0 Å². The predicted molar refractivity (Wildman–Crippen MR) is 106 cm³/mol. The van der Waals surface area contributed by atoms with Gasteiger partial charge in [-0.05, 0) is 49.4 Å². The molecule has 1 aliphatic carbocycles. The number of aliphatic carboxylic acids is 1. The number of hydrogen-bond donors (Lipinski definition) is 1. The second-order valence-corrected chi connectivity index (χ2v) is 9.18. The Balaban J connectivity index is 1.90. The van der Waals surface area contributed by atoms with Gasteiger partial charge in [0, 0.05) is 24.0 Å². The van der Waals surface area contributed by atoms with Crippen LogP contribution in [0.25, 0.3) is 11.1 Å². The summed E-state index contributed by atoms with van der Waals surface area (Å²) in [6.07, 6.45) is 3.13. The van der Waals surface area contributed by atoms with E-state index < -0.39 is 20.7 Å². The SMILES string of the molecule is CS(=O)(=O)c1ccc(-c2cc([N+](=O)[O-])ccc2OC2CCC(C(=O)O)CC2)cc1. The molecule has 3 rings (SSSR count). The summed E-state index contributed by atoms with van der Waals surface area (Å²) in [7, 11) is -3.36. The van der Waals surface area contributed by atoms with E-state index in [9.17, 15) is 23.3 Å². The molecule has 0 saturated heterocycles. The quantitative estimate of drug-likeness (QED) is 0.559. The minimum Gasteiger partial charge on any atom is -0.490 e. The molecule has 9 heteroatoms. The number of hydrogen-bond acceptors (Lipinski definition) is 6. The molecule has 2 aromatic rings. The fourth-order valence-corrected chi connectivity index (χ4v) is 4.08. The number of carboxylic acid groups (broad SMARTS) is 1. The minimum atomic E-state index is -3.36. The molecule has 2 aromatic carbocycles. The lowest BCUT2D eigenvalue weighted by atomic mass is 9.87. The Labute approximate surface area is 168 Å². The third kappa shape index (κ3) is 4.92. The zero-order chi connectivity index (χ0) is 21.2. The van der Waals surface area contributed by atoms with Crippen LogP contribution in [0.15, 0.2) is 47.4 Å². The number of carboxylic acids is 1. The summed E-state index contributed by atoms with van der Waals surface area (Å²) in [5.41, 5.74) is 0.976. The maximum absolute atomic E-state index is 11.7. The summed E-state index contributed by atoms with van der Waals surface area (Å²) in [6, 6.07) is 10.4. The first-order valence-electron chi connectivity index (χ1n) is 9.13. The number of rotatable bonds is 6. The number of sulfone groups is 1. The smallest absolute Gasteiger partial charge is 0.306 e. The summed E-state index contributed by atoms with van der Waals surface area (Å²) in [6.45, 7) is 0. The fourth-order valence-electron chi connectivity index (χ4n) is 3.45. The molecule has 0 heterocycles. The Kier molecular flexibility index (Phi) is 5.88. The molecule has 0 aromatic heterocycles. The lowest BCUT2D eigenvalue weighted by Crippen LogP contribution is -2.27. The van der Waals surface area contributed by atoms with Gasteiger partial charge in [-0.2, -0.15) is 0 Å². The maximum atomic E-state index is 11.7. The minimum absolute atomic E-state index is 0.103. The van der Waals surface area contributed by atoms with Crippen molar-refractivity contribution in [3.8, 4) is 16.9 Å². The van der Waals surface area contributed by atoms with Gasteiger partial charge in [-0.1, -0.05) is 12.1 Å². The van der Waals surface area contributed by atoms with Crippen LogP contribution in [0, 0.1) is 16.0 Å². The van der Waals surface area contributed by atoms with Crippen molar-refractivity contribution in [3.05, 3.63) is 52.6 Å². The highest BCUT2D eigenvalue weighted by molar-refractivity contribution is 7.90. The normalized spacial score (nSPS) is 19.5. The van der Waals surface area contributed by atoms with Crippen LogP contribution in [-0.4, -0.2) is 36.8 Å². The molecule has 0 amide bonds. The van der Waals surface area contributed by atoms with Crippen LogP contribution in [0.5, 0.6) is 5.75 Å². The second kappa shape index (κ2) is 8.20. The number of carbonyl (C=O) groups is 1. The van der Waals surface area contributed by atoms with E-state index in [-0.39, 0.29) is 22.6 Å². The Hall–Kier alpha value is -2.94. The van der Waals surface area contributed by atoms with Crippen molar-refractivity contribution in [2.75, 3.05) is 6.26 Å². The van der Waals surface area contributed by atoms with Gasteiger partial charge < -0.3 is 9.84 Å². The zero-order valence-corrected chi connectivity index (χ0v) is 16.6. The number of nitrogens with zero attached hydrogens (tertiary/aromatic N) is 1. The standard InChI is InChI=1S/C20H21NO7S/c1-29(26,27)17-9-4-13(5-10-17)18-12-15(21(24)25)6-11-19(18)28-16-7-2-14(3-8-16)20(22)23/h4-6,9-12,14,16H,2-3,7-8H2,1H3,(H,22,23). The molecule has 0 radical (unpaired) electrons. The van der Waals surface area contributed by atoms with Crippen LogP contribution in [-0.2, 0) is 14.6 Å². The number of non-ortho nitro benzene ring substituents is 1. The van der Waals surface area contributed by atoms with Crippen LogP contribution >= 0.6 is 0 Å². The van der Waals surface area contributed by atoms with Gasteiger partial charge in [-0.3, -0.25) is 14.9 Å². The molecular weight excluding hydrogens is 398 g/mol. The average molecular weight is 419 g/mol. The lowest BCUT2D eigenvalue weighted by Gasteiger charge is -2.27. The van der Waals surface area contributed by atoms with Crippen molar-refractivity contribution in [2.45, 2.75) is 36.7 Å². The van der Waals surface area contributed by atoms with E-state index in [1.165, 1.54) is 30.3 Å². The second-order valence-electron chi connectivity index (χ2n) is 7.16. The summed E-state index contributed by atoms with van der Waals surface area (Å²) in [5.74, 6) is -0.721. The van der Waals surface area contributed by atoms with E-state index in [4.69, 9.17) is 9.84 Å². The molecule has 0 aliphatic heterocycles. The van der Waals surface area contributed by atoms with Crippen LogP contribution in [0.4, 0.5) is 5.69 Å². The topological polar surface area (TPSA) is 124 Å². The molecule has 0 atom stereocenters. The Morgan fingerprint density at radius 3 is 2.24 bits per heavy atom. The first-order chi connectivity index (χ1) is 13.6. The Morgan fingerprint density at radius 1 is 1.10 bits per heavy atom. The van der Waals surface area contributed by atoms with E-state index in [2.05, 4.69) is 0 Å². The van der Waals surface area contributed by atoms with Gasteiger partial charge in [-0.15, -0.1) is 0 Å². The van der Waals surface area contributed by atoms with E-state index >= 15 is 0 Å². The molecular formula is C20H21NO7S. The molecule has 0 spiro atoms. The molecule has 8 nitrogen and oxygen atoms in total. The van der Waals surface area contributed by atoms with Gasteiger partial charge in [0.25, 0.3) is 5.69 Å². The van der Waals surface area contributed by atoms with Crippen molar-refractivity contribution in [3.63, 3.8) is 0 Å². The van der Waals surface area contributed by atoms with Crippen LogP contribution in [0.3, 0.4) is 0 Å². The monoisotopic (exact) mass is 419 g/mol. The van der Waals surface area contributed by atoms with Crippen molar-refractivity contribution < 1.29 is 28.0 Å². The molecule has 1 fully saturated rings. The summed E-state index contributed by atoms with van der Waals surface area (Å²) < 4.78 is 29.4. The molecule has 0 unspecified atom stereocenters. The summed E-state index contributed by atoms with van der Waals surface area (Å²) in [4.78, 5) is 22.0. The van der Waals surface area contributed by atoms with Gasteiger partial charge in [0.2, 0.25) is 0 Å². The van der Waals surface area contributed by atoms with Crippen LogP contribution < -0.4 is 4.74 Å². The summed E-state index contributed by atoms with van der Waals surface area (Å²) >= 11 is 0. The lowest BCUT2D eigenvalue weighted by molar-refractivity contribution is -0.384. The third-order valence-corrected chi connectivity index (χ3v) is 6.21. The highest BCUT2D eigenvalue weighted by atomic mass is 32.2. The van der Waals surface area contributed by atoms with Gasteiger partial charge in [0.1, 0.15) is 5.75 Å². The van der Waals surface area contributed by atoms with Gasteiger partial charge >= 0.3 is 5.97 Å². The van der Waals surface area contributed by atoms with Gasteiger partial charge in [-0.25, -0.2) is 8.42 Å². The summed E-state index contributed by atoms with van der Waals surface area (Å²) in [5, 5.41) is 20.3. The van der Waals surface area contributed by atoms with Crippen molar-refractivity contribution in [1.29, 1.82) is 0 Å². The van der Waals surface area contributed by atoms with Crippen LogP contribution in [0.2, 0.25) is 0 Å². The molecule has 1 saturated carbocycles.